The van der Waals surface area contributed by atoms with Gasteiger partial charge < -0.3 is 9.47 Å². The molecule has 7 heteroatoms. The maximum atomic E-state index is 15.6. The molecular formula is C21H27FN2O4. The summed E-state index contributed by atoms with van der Waals surface area (Å²) in [6.07, 6.45) is 4.57. The van der Waals surface area contributed by atoms with Crippen molar-refractivity contribution in [2.75, 3.05) is 14.2 Å². The predicted molar refractivity (Wildman–Crippen MR) is 105 cm³/mol. The zero-order valence-corrected chi connectivity index (χ0v) is 17.1. The lowest BCUT2D eigenvalue weighted by molar-refractivity contribution is -0.155. The van der Waals surface area contributed by atoms with E-state index in [4.69, 9.17) is 9.47 Å². The van der Waals surface area contributed by atoms with E-state index < -0.39 is 29.1 Å². The number of carbonyl (C=O) groups excluding carboxylic acids is 2. The van der Waals surface area contributed by atoms with E-state index in [0.29, 0.717) is 16.9 Å². The monoisotopic (exact) mass is 390 g/mol. The van der Waals surface area contributed by atoms with E-state index in [1.54, 1.807) is 52.0 Å². The van der Waals surface area contributed by atoms with E-state index >= 15 is 4.39 Å². The van der Waals surface area contributed by atoms with Gasteiger partial charge in [-0.15, -0.1) is 0 Å². The Morgan fingerprint density at radius 2 is 1.89 bits per heavy atom. The summed E-state index contributed by atoms with van der Waals surface area (Å²) >= 11 is 0. The summed E-state index contributed by atoms with van der Waals surface area (Å²) < 4.78 is 26.0. The molecular weight excluding hydrogens is 363 g/mol. The minimum atomic E-state index is -2.44. The molecule has 1 aromatic rings. The lowest BCUT2D eigenvalue weighted by Crippen LogP contribution is -2.63. The highest BCUT2D eigenvalue weighted by Crippen LogP contribution is 2.30. The molecule has 152 valence electrons. The lowest BCUT2D eigenvalue weighted by Gasteiger charge is -2.40. The highest BCUT2D eigenvalue weighted by molar-refractivity contribution is 5.98. The summed E-state index contributed by atoms with van der Waals surface area (Å²) in [5.41, 5.74) is 0.198. The van der Waals surface area contributed by atoms with Crippen LogP contribution in [0.25, 0.3) is 0 Å². The third-order valence-corrected chi connectivity index (χ3v) is 4.57. The summed E-state index contributed by atoms with van der Waals surface area (Å²) in [4.78, 5) is 26.0. The molecule has 1 N–H and O–H groups in total. The first-order valence-corrected chi connectivity index (χ1v) is 8.93. The molecule has 0 heterocycles. The van der Waals surface area contributed by atoms with Crippen molar-refractivity contribution in [2.24, 2.45) is 0 Å². The Labute approximate surface area is 165 Å². The number of alkyl halides is 1. The van der Waals surface area contributed by atoms with Crippen LogP contribution in [0.1, 0.15) is 36.7 Å². The predicted octanol–water partition coefficient (Wildman–Crippen LogP) is 3.12. The van der Waals surface area contributed by atoms with Gasteiger partial charge >= 0.3 is 0 Å². The van der Waals surface area contributed by atoms with Crippen LogP contribution in [0.5, 0.6) is 5.75 Å². The normalized spacial score (nSPS) is 21.3. The third-order valence-electron chi connectivity index (χ3n) is 4.57. The van der Waals surface area contributed by atoms with Crippen LogP contribution in [0, 0.1) is 6.92 Å². The van der Waals surface area contributed by atoms with Crippen molar-refractivity contribution in [1.29, 1.82) is 0 Å². The molecule has 1 aliphatic carbocycles. The molecule has 0 aliphatic heterocycles. The van der Waals surface area contributed by atoms with E-state index in [-0.39, 0.29) is 0 Å². The number of ether oxygens (including phenoxy) is 2. The highest BCUT2D eigenvalue weighted by atomic mass is 19.1. The van der Waals surface area contributed by atoms with Crippen LogP contribution in [-0.2, 0) is 9.53 Å². The Hall–Kier alpha value is -2.67. The Balaban J connectivity index is 2.38. The number of hydrogen-bond donors (Lipinski definition) is 1. The van der Waals surface area contributed by atoms with Crippen molar-refractivity contribution >= 4 is 11.8 Å². The van der Waals surface area contributed by atoms with Gasteiger partial charge in [-0.05, 0) is 45.9 Å². The van der Waals surface area contributed by atoms with Gasteiger partial charge in [-0.2, -0.15) is 0 Å². The largest absolute Gasteiger partial charge is 0.496 e. The van der Waals surface area contributed by atoms with Gasteiger partial charge in [0.05, 0.1) is 12.6 Å². The number of nitrogens with one attached hydrogen (secondary N) is 1. The van der Waals surface area contributed by atoms with E-state index in [1.807, 2.05) is 0 Å². The van der Waals surface area contributed by atoms with Crippen molar-refractivity contribution in [3.63, 3.8) is 0 Å². The molecule has 2 amide bonds. The zero-order valence-electron chi connectivity index (χ0n) is 17.1. The number of halogens is 1. The summed E-state index contributed by atoms with van der Waals surface area (Å²) in [5, 5.41) is 1.02. The minimum Gasteiger partial charge on any atom is -0.496 e. The molecule has 1 aromatic carbocycles. The van der Waals surface area contributed by atoms with Gasteiger partial charge in [-0.25, -0.2) is 9.40 Å². The molecule has 0 spiro atoms. The van der Waals surface area contributed by atoms with E-state index in [1.165, 1.54) is 26.4 Å². The number of benzene rings is 1. The number of allylic oxidation sites excluding steroid dienone is 2. The van der Waals surface area contributed by atoms with Crippen molar-refractivity contribution in [1.82, 2.24) is 10.4 Å². The van der Waals surface area contributed by atoms with Crippen molar-refractivity contribution in [3.05, 3.63) is 53.6 Å². The molecule has 1 aliphatic rings. The number of nitrogens with zero attached hydrogens (tertiary/aromatic N) is 1. The van der Waals surface area contributed by atoms with Crippen LogP contribution in [0.4, 0.5) is 4.39 Å². The van der Waals surface area contributed by atoms with Gasteiger partial charge in [0.2, 0.25) is 5.67 Å². The molecule has 0 saturated heterocycles. The molecule has 28 heavy (non-hydrogen) atoms. The highest BCUT2D eigenvalue weighted by Gasteiger charge is 2.49. The Morgan fingerprint density at radius 1 is 1.21 bits per heavy atom. The van der Waals surface area contributed by atoms with Gasteiger partial charge in [0, 0.05) is 18.2 Å². The standard InChI is InChI=1S/C21H27FN2O4/c1-14-15(10-9-11-16(14)27-5)18(25)23-24(20(2,3)4)19(26)21(22)13-8-7-12-17(21)28-6/h7-13,17H,1-6H3,(H,23,25). The second kappa shape index (κ2) is 8.14. The van der Waals surface area contributed by atoms with Gasteiger partial charge in [0.1, 0.15) is 11.9 Å². The summed E-state index contributed by atoms with van der Waals surface area (Å²) in [6.45, 7) is 6.86. The van der Waals surface area contributed by atoms with E-state index in [2.05, 4.69) is 5.43 Å². The van der Waals surface area contributed by atoms with Crippen LogP contribution in [0.3, 0.4) is 0 Å². The molecule has 0 bridgehead atoms. The first-order chi connectivity index (χ1) is 13.1. The molecule has 2 rings (SSSR count). The quantitative estimate of drug-likeness (QED) is 0.802. The number of rotatable bonds is 4. The molecule has 6 nitrogen and oxygen atoms in total. The second-order valence-corrected chi connectivity index (χ2v) is 7.55. The fraction of sp³-hybridized carbons (Fsp3) is 0.429. The third kappa shape index (κ3) is 4.09. The maximum absolute atomic E-state index is 15.6. The van der Waals surface area contributed by atoms with E-state index in [0.717, 1.165) is 11.1 Å². The number of methoxy groups -OCH3 is 2. The average molecular weight is 390 g/mol. The summed E-state index contributed by atoms with van der Waals surface area (Å²) in [6, 6.07) is 5.03. The fourth-order valence-corrected chi connectivity index (χ4v) is 2.98. The van der Waals surface area contributed by atoms with Crippen LogP contribution >= 0.6 is 0 Å². The van der Waals surface area contributed by atoms with Crippen LogP contribution in [-0.4, -0.2) is 48.4 Å². The Bertz CT molecular complexity index is 813. The SMILES string of the molecule is COc1cccc(C(=O)NN(C(=O)C2(F)C=CC=CC2OC)C(C)(C)C)c1C. The van der Waals surface area contributed by atoms with Crippen LogP contribution in [0.15, 0.2) is 42.5 Å². The van der Waals surface area contributed by atoms with Gasteiger partial charge in [-0.1, -0.05) is 24.3 Å². The Kier molecular flexibility index (Phi) is 6.29. The Morgan fingerprint density at radius 3 is 2.46 bits per heavy atom. The molecule has 0 radical (unpaired) electrons. The smallest absolute Gasteiger partial charge is 0.286 e. The molecule has 2 unspecified atom stereocenters. The maximum Gasteiger partial charge on any atom is 0.286 e. The van der Waals surface area contributed by atoms with Crippen molar-refractivity contribution in [2.45, 2.75) is 45.0 Å². The number of hydrogen-bond acceptors (Lipinski definition) is 4. The first kappa shape index (κ1) is 21.6. The number of hydrazine groups is 1. The minimum absolute atomic E-state index is 0.330. The number of amides is 2. The van der Waals surface area contributed by atoms with Crippen molar-refractivity contribution < 1.29 is 23.5 Å². The number of carbonyl (C=O) groups is 2. The van der Waals surface area contributed by atoms with Gasteiger partial charge in [0.15, 0.2) is 0 Å². The van der Waals surface area contributed by atoms with Gasteiger partial charge in [0.25, 0.3) is 11.8 Å². The molecule has 0 saturated carbocycles. The average Bonchev–Trinajstić information content (AvgIpc) is 2.65. The molecule has 2 atom stereocenters. The first-order valence-electron chi connectivity index (χ1n) is 8.93. The fourth-order valence-electron chi connectivity index (χ4n) is 2.98. The topological polar surface area (TPSA) is 67.9 Å². The van der Waals surface area contributed by atoms with Crippen LogP contribution in [0.2, 0.25) is 0 Å². The summed E-state index contributed by atoms with van der Waals surface area (Å²) in [7, 11) is 2.84. The van der Waals surface area contributed by atoms with Gasteiger partial charge in [-0.3, -0.25) is 15.0 Å². The molecule has 0 fully saturated rings. The van der Waals surface area contributed by atoms with E-state index in [9.17, 15) is 9.59 Å². The zero-order chi connectivity index (χ0) is 21.1. The second-order valence-electron chi connectivity index (χ2n) is 7.55. The lowest BCUT2D eigenvalue weighted by atomic mass is 9.91. The van der Waals surface area contributed by atoms with Crippen LogP contribution < -0.4 is 10.2 Å². The van der Waals surface area contributed by atoms with Crippen molar-refractivity contribution in [3.8, 4) is 5.75 Å². The molecule has 0 aromatic heterocycles. The summed E-state index contributed by atoms with van der Waals surface area (Å²) in [5.74, 6) is -0.906.